The molecule has 2 atom stereocenters. The Labute approximate surface area is 125 Å². The van der Waals surface area contributed by atoms with E-state index in [-0.39, 0.29) is 12.4 Å². The molecular formula is C17H21FN2O. The predicted octanol–water partition coefficient (Wildman–Crippen LogP) is 1.89. The molecule has 2 aliphatic rings. The van der Waals surface area contributed by atoms with E-state index in [9.17, 15) is 4.39 Å². The van der Waals surface area contributed by atoms with Crippen molar-refractivity contribution in [2.75, 3.05) is 19.7 Å². The maximum Gasteiger partial charge on any atom is 0.138 e. The van der Waals surface area contributed by atoms with Crippen molar-refractivity contribution in [1.29, 1.82) is 0 Å². The van der Waals surface area contributed by atoms with Crippen LogP contribution in [0, 0.1) is 17.7 Å². The standard InChI is InChI=1S/C17H21FN2O/c18-15-7-6-13(11-14(15)3-2-8-19)12-20-9-10-21-17-5-1-4-16(17)20/h6-7,11,16-17H,1,4-5,8-10,12,19H2. The Bertz CT molecular complexity index is 564. The molecule has 112 valence electrons. The van der Waals surface area contributed by atoms with E-state index in [4.69, 9.17) is 10.5 Å². The van der Waals surface area contributed by atoms with Gasteiger partial charge in [0.2, 0.25) is 0 Å². The fourth-order valence-electron chi connectivity index (χ4n) is 3.35. The van der Waals surface area contributed by atoms with Gasteiger partial charge in [-0.3, -0.25) is 4.90 Å². The van der Waals surface area contributed by atoms with Crippen LogP contribution < -0.4 is 5.73 Å². The molecule has 4 heteroatoms. The molecule has 0 bridgehead atoms. The molecule has 1 aliphatic carbocycles. The number of nitrogens with zero attached hydrogens (tertiary/aromatic N) is 1. The maximum absolute atomic E-state index is 13.7. The van der Waals surface area contributed by atoms with Gasteiger partial charge in [0.25, 0.3) is 0 Å². The molecule has 2 unspecified atom stereocenters. The quantitative estimate of drug-likeness (QED) is 0.845. The van der Waals surface area contributed by atoms with Crippen LogP contribution in [0.3, 0.4) is 0 Å². The first kappa shape index (κ1) is 14.5. The Balaban J connectivity index is 1.75. The number of halogens is 1. The SMILES string of the molecule is NCC#Cc1cc(CN2CCOC3CCCC32)ccc1F. The molecule has 1 heterocycles. The largest absolute Gasteiger partial charge is 0.375 e. The molecule has 1 aromatic carbocycles. The number of ether oxygens (including phenoxy) is 1. The summed E-state index contributed by atoms with van der Waals surface area (Å²) in [5, 5.41) is 0. The first-order valence-corrected chi connectivity index (χ1v) is 7.61. The van der Waals surface area contributed by atoms with E-state index >= 15 is 0 Å². The summed E-state index contributed by atoms with van der Waals surface area (Å²) in [4.78, 5) is 2.47. The lowest BCUT2D eigenvalue weighted by Crippen LogP contribution is -2.47. The van der Waals surface area contributed by atoms with E-state index in [0.717, 1.165) is 31.7 Å². The minimum absolute atomic E-state index is 0.247. The lowest BCUT2D eigenvalue weighted by molar-refractivity contribution is -0.0588. The zero-order valence-electron chi connectivity index (χ0n) is 12.1. The van der Waals surface area contributed by atoms with Crippen LogP contribution in [-0.4, -0.2) is 36.7 Å². The van der Waals surface area contributed by atoms with Crippen LogP contribution in [-0.2, 0) is 11.3 Å². The summed E-state index contributed by atoms with van der Waals surface area (Å²) in [5.41, 5.74) is 6.90. The van der Waals surface area contributed by atoms with E-state index < -0.39 is 0 Å². The minimum atomic E-state index is -0.277. The number of fused-ring (bicyclic) bond motifs is 1. The predicted molar refractivity (Wildman–Crippen MR) is 80.1 cm³/mol. The van der Waals surface area contributed by atoms with Crippen LogP contribution in [0.1, 0.15) is 30.4 Å². The molecule has 0 spiro atoms. The maximum atomic E-state index is 13.7. The molecule has 0 radical (unpaired) electrons. The Hall–Kier alpha value is -1.41. The average Bonchev–Trinajstić information content (AvgIpc) is 2.97. The minimum Gasteiger partial charge on any atom is -0.375 e. The third kappa shape index (κ3) is 3.26. The van der Waals surface area contributed by atoms with Crippen molar-refractivity contribution in [1.82, 2.24) is 4.90 Å². The number of benzene rings is 1. The van der Waals surface area contributed by atoms with E-state index in [0.29, 0.717) is 17.7 Å². The molecular weight excluding hydrogens is 267 g/mol. The van der Waals surface area contributed by atoms with Gasteiger partial charge in [0.15, 0.2) is 0 Å². The highest BCUT2D eigenvalue weighted by molar-refractivity contribution is 5.38. The molecule has 3 nitrogen and oxygen atoms in total. The molecule has 1 aliphatic heterocycles. The Kier molecular flexibility index (Phi) is 4.54. The first-order chi connectivity index (χ1) is 10.3. The van der Waals surface area contributed by atoms with Crippen LogP contribution in [0.15, 0.2) is 18.2 Å². The van der Waals surface area contributed by atoms with Crippen molar-refractivity contribution in [2.24, 2.45) is 5.73 Å². The van der Waals surface area contributed by atoms with Gasteiger partial charge in [0.05, 0.1) is 24.8 Å². The summed E-state index contributed by atoms with van der Waals surface area (Å²) in [6.07, 6.45) is 3.99. The van der Waals surface area contributed by atoms with Crippen molar-refractivity contribution in [3.05, 3.63) is 35.1 Å². The zero-order valence-corrected chi connectivity index (χ0v) is 12.1. The van der Waals surface area contributed by atoms with Crippen molar-refractivity contribution in [3.63, 3.8) is 0 Å². The van der Waals surface area contributed by atoms with Gasteiger partial charge in [0, 0.05) is 19.1 Å². The lowest BCUT2D eigenvalue weighted by atomic mass is 10.1. The van der Waals surface area contributed by atoms with Crippen LogP contribution in [0.25, 0.3) is 0 Å². The summed E-state index contributed by atoms with van der Waals surface area (Å²) in [7, 11) is 0. The summed E-state index contributed by atoms with van der Waals surface area (Å²) < 4.78 is 19.5. The van der Waals surface area contributed by atoms with Crippen LogP contribution in [0.5, 0.6) is 0 Å². The molecule has 3 rings (SSSR count). The second-order valence-corrected chi connectivity index (χ2v) is 5.70. The van der Waals surface area contributed by atoms with Crippen molar-refractivity contribution < 1.29 is 9.13 Å². The topological polar surface area (TPSA) is 38.5 Å². The number of hydrogen-bond donors (Lipinski definition) is 1. The van der Waals surface area contributed by atoms with Crippen molar-refractivity contribution in [3.8, 4) is 11.8 Å². The van der Waals surface area contributed by atoms with E-state index in [2.05, 4.69) is 16.7 Å². The molecule has 0 amide bonds. The number of nitrogens with two attached hydrogens (primary N) is 1. The van der Waals surface area contributed by atoms with Gasteiger partial charge >= 0.3 is 0 Å². The highest BCUT2D eigenvalue weighted by Gasteiger charge is 2.35. The van der Waals surface area contributed by atoms with E-state index in [1.54, 1.807) is 0 Å². The summed E-state index contributed by atoms with van der Waals surface area (Å²) in [6, 6.07) is 5.71. The third-order valence-electron chi connectivity index (χ3n) is 4.34. The van der Waals surface area contributed by atoms with Crippen molar-refractivity contribution in [2.45, 2.75) is 38.0 Å². The van der Waals surface area contributed by atoms with Gasteiger partial charge in [0.1, 0.15) is 5.82 Å². The second kappa shape index (κ2) is 6.57. The Morgan fingerprint density at radius 3 is 3.14 bits per heavy atom. The number of rotatable bonds is 2. The molecule has 1 aromatic rings. The summed E-state index contributed by atoms with van der Waals surface area (Å²) >= 11 is 0. The summed E-state index contributed by atoms with van der Waals surface area (Å²) in [5.74, 6) is 5.24. The number of hydrogen-bond acceptors (Lipinski definition) is 3. The third-order valence-corrected chi connectivity index (χ3v) is 4.34. The van der Waals surface area contributed by atoms with Crippen LogP contribution >= 0.6 is 0 Å². The molecule has 1 saturated heterocycles. The van der Waals surface area contributed by atoms with Crippen LogP contribution in [0.2, 0.25) is 0 Å². The average molecular weight is 288 g/mol. The van der Waals surface area contributed by atoms with E-state index in [1.807, 2.05) is 12.1 Å². The van der Waals surface area contributed by atoms with Gasteiger partial charge in [-0.15, -0.1) is 0 Å². The lowest BCUT2D eigenvalue weighted by Gasteiger charge is -2.37. The summed E-state index contributed by atoms with van der Waals surface area (Å²) in [6.45, 7) is 2.82. The zero-order chi connectivity index (χ0) is 14.7. The highest BCUT2D eigenvalue weighted by atomic mass is 19.1. The van der Waals surface area contributed by atoms with Crippen LogP contribution in [0.4, 0.5) is 4.39 Å². The van der Waals surface area contributed by atoms with Gasteiger partial charge in [-0.05, 0) is 37.0 Å². The first-order valence-electron chi connectivity index (χ1n) is 7.61. The van der Waals surface area contributed by atoms with E-state index in [1.165, 1.54) is 18.9 Å². The van der Waals surface area contributed by atoms with Gasteiger partial charge in [-0.2, -0.15) is 0 Å². The molecule has 2 N–H and O–H groups in total. The van der Waals surface area contributed by atoms with Gasteiger partial charge in [-0.1, -0.05) is 17.9 Å². The molecule has 2 fully saturated rings. The fourth-order valence-corrected chi connectivity index (χ4v) is 3.35. The Morgan fingerprint density at radius 1 is 1.38 bits per heavy atom. The molecule has 1 saturated carbocycles. The normalized spacial score (nSPS) is 25.2. The second-order valence-electron chi connectivity index (χ2n) is 5.70. The molecule has 21 heavy (non-hydrogen) atoms. The van der Waals surface area contributed by atoms with Gasteiger partial charge < -0.3 is 10.5 Å². The fraction of sp³-hybridized carbons (Fsp3) is 0.529. The highest BCUT2D eigenvalue weighted by Crippen LogP contribution is 2.30. The smallest absolute Gasteiger partial charge is 0.138 e. The Morgan fingerprint density at radius 2 is 2.29 bits per heavy atom. The number of morpholine rings is 1. The monoisotopic (exact) mass is 288 g/mol. The molecule has 0 aromatic heterocycles. The van der Waals surface area contributed by atoms with Gasteiger partial charge in [-0.25, -0.2) is 4.39 Å². The van der Waals surface area contributed by atoms with Crippen molar-refractivity contribution >= 4 is 0 Å².